The zero-order chi connectivity index (χ0) is 6.97. The third kappa shape index (κ3) is 1.61. The third-order valence-electron chi connectivity index (χ3n) is 1.47. The fourth-order valence-electron chi connectivity index (χ4n) is 0.950. The molecule has 3 nitrogen and oxygen atoms in total. The predicted octanol–water partition coefficient (Wildman–Crippen LogP) is 0.886. The van der Waals surface area contributed by atoms with E-state index in [1.165, 1.54) is 5.56 Å². The minimum atomic E-state index is 0. The molecule has 1 heterocycles. The second-order valence-electron chi connectivity index (χ2n) is 2.32. The van der Waals surface area contributed by atoms with E-state index in [2.05, 4.69) is 15.4 Å². The molecule has 0 saturated heterocycles. The molecular formula is C7H7N3Na. The van der Waals surface area contributed by atoms with Crippen LogP contribution in [0.5, 0.6) is 0 Å². The molecule has 2 rings (SSSR count). The molecule has 1 radical (unpaired) electrons. The fraction of sp³-hybridized carbons (Fsp3) is 0.143. The molecule has 0 unspecified atom stereocenters. The summed E-state index contributed by atoms with van der Waals surface area (Å²) in [5.74, 6) is 0. The summed E-state index contributed by atoms with van der Waals surface area (Å²) in [6.07, 6.45) is 0. The summed E-state index contributed by atoms with van der Waals surface area (Å²) >= 11 is 0. The Hall–Kier alpha value is -0.380. The van der Waals surface area contributed by atoms with Crippen LogP contribution in [0.2, 0.25) is 0 Å². The van der Waals surface area contributed by atoms with E-state index in [0.717, 1.165) is 11.0 Å². The maximum Gasteiger partial charge on any atom is 0.113 e. The summed E-state index contributed by atoms with van der Waals surface area (Å²) in [7, 11) is 0. The van der Waals surface area contributed by atoms with Gasteiger partial charge in [0.1, 0.15) is 11.0 Å². The molecule has 0 saturated carbocycles. The Kier molecular flexibility index (Phi) is 2.65. The van der Waals surface area contributed by atoms with E-state index in [4.69, 9.17) is 0 Å². The van der Waals surface area contributed by atoms with Gasteiger partial charge in [-0.3, -0.25) is 0 Å². The number of hydrogen-bond donors (Lipinski definition) is 1. The van der Waals surface area contributed by atoms with Gasteiger partial charge in [0.25, 0.3) is 0 Å². The number of H-pyrrole nitrogens is 1. The molecule has 1 aromatic carbocycles. The Morgan fingerprint density at radius 3 is 2.73 bits per heavy atom. The second-order valence-corrected chi connectivity index (χ2v) is 2.32. The number of nitrogens with zero attached hydrogens (tertiary/aromatic N) is 2. The summed E-state index contributed by atoms with van der Waals surface area (Å²) in [6, 6.07) is 5.97. The van der Waals surface area contributed by atoms with Crippen LogP contribution in [-0.4, -0.2) is 45.0 Å². The van der Waals surface area contributed by atoms with Gasteiger partial charge >= 0.3 is 0 Å². The van der Waals surface area contributed by atoms with Crippen LogP contribution in [0.25, 0.3) is 11.0 Å². The summed E-state index contributed by atoms with van der Waals surface area (Å²) in [4.78, 5) is 0. The van der Waals surface area contributed by atoms with Gasteiger partial charge in [-0.15, -0.1) is 0 Å². The van der Waals surface area contributed by atoms with Crippen LogP contribution in [0.4, 0.5) is 0 Å². The number of aromatic nitrogens is 3. The van der Waals surface area contributed by atoms with Crippen LogP contribution in [0.1, 0.15) is 5.56 Å². The number of fused-ring (bicyclic) bond motifs is 1. The van der Waals surface area contributed by atoms with E-state index in [9.17, 15) is 0 Å². The molecule has 1 N–H and O–H groups in total. The van der Waals surface area contributed by atoms with Crippen molar-refractivity contribution >= 4 is 40.6 Å². The molecule has 0 aliphatic rings. The van der Waals surface area contributed by atoms with Gasteiger partial charge in [0, 0.05) is 29.6 Å². The molecule has 0 aliphatic heterocycles. The zero-order valence-electron chi connectivity index (χ0n) is 6.63. The Bertz CT molecular complexity index is 355. The summed E-state index contributed by atoms with van der Waals surface area (Å²) in [5.41, 5.74) is 3.06. The number of rotatable bonds is 0. The maximum absolute atomic E-state index is 3.94. The first-order valence-electron chi connectivity index (χ1n) is 3.13. The summed E-state index contributed by atoms with van der Waals surface area (Å²) < 4.78 is 0. The van der Waals surface area contributed by atoms with Gasteiger partial charge in [-0.25, -0.2) is 0 Å². The largest absolute Gasteiger partial charge is 0.197 e. The summed E-state index contributed by atoms with van der Waals surface area (Å²) in [6.45, 7) is 2.04. The molecule has 0 atom stereocenters. The predicted molar refractivity (Wildman–Crippen MR) is 44.4 cm³/mol. The van der Waals surface area contributed by atoms with Gasteiger partial charge in [-0.05, 0) is 24.6 Å². The molecular weight excluding hydrogens is 149 g/mol. The maximum atomic E-state index is 3.94. The quantitative estimate of drug-likeness (QED) is 0.575. The van der Waals surface area contributed by atoms with E-state index in [1.54, 1.807) is 0 Å². The minimum absolute atomic E-state index is 0. The molecule has 11 heavy (non-hydrogen) atoms. The number of hydrogen-bond acceptors (Lipinski definition) is 2. The first kappa shape index (κ1) is 8.71. The van der Waals surface area contributed by atoms with Gasteiger partial charge in [0.15, 0.2) is 0 Å². The van der Waals surface area contributed by atoms with Crippen molar-refractivity contribution in [3.8, 4) is 0 Å². The van der Waals surface area contributed by atoms with Crippen LogP contribution in [0.15, 0.2) is 18.2 Å². The van der Waals surface area contributed by atoms with Gasteiger partial charge < -0.3 is 0 Å². The van der Waals surface area contributed by atoms with E-state index in [0.29, 0.717) is 0 Å². The average Bonchev–Trinajstić information content (AvgIpc) is 2.33. The molecule has 1 aromatic heterocycles. The van der Waals surface area contributed by atoms with Crippen molar-refractivity contribution in [1.82, 2.24) is 15.4 Å². The van der Waals surface area contributed by atoms with Gasteiger partial charge in [0.2, 0.25) is 0 Å². The molecule has 0 amide bonds. The van der Waals surface area contributed by atoms with Crippen LogP contribution in [-0.2, 0) is 0 Å². The first-order valence-corrected chi connectivity index (χ1v) is 3.13. The number of benzene rings is 1. The SMILES string of the molecule is Cc1ccc2n[nH]nc2c1.[Na]. The Morgan fingerprint density at radius 2 is 1.91 bits per heavy atom. The average molecular weight is 156 g/mol. The number of aromatic amines is 1. The van der Waals surface area contributed by atoms with Crippen LogP contribution < -0.4 is 0 Å². The van der Waals surface area contributed by atoms with E-state index >= 15 is 0 Å². The van der Waals surface area contributed by atoms with Gasteiger partial charge in [-0.1, -0.05) is 6.07 Å². The van der Waals surface area contributed by atoms with Crippen molar-refractivity contribution in [2.24, 2.45) is 0 Å². The molecule has 4 heteroatoms. The van der Waals surface area contributed by atoms with E-state index in [1.807, 2.05) is 25.1 Å². The van der Waals surface area contributed by atoms with Crippen molar-refractivity contribution in [2.75, 3.05) is 0 Å². The second kappa shape index (κ2) is 3.34. The monoisotopic (exact) mass is 156 g/mol. The molecule has 0 spiro atoms. The molecule has 0 bridgehead atoms. The van der Waals surface area contributed by atoms with Crippen molar-refractivity contribution in [3.63, 3.8) is 0 Å². The van der Waals surface area contributed by atoms with Crippen molar-refractivity contribution in [2.45, 2.75) is 6.92 Å². The molecule has 2 aromatic rings. The Balaban J connectivity index is 0.000000605. The first-order chi connectivity index (χ1) is 4.86. The standard InChI is InChI=1S/C7H7N3.Na/c1-5-2-3-6-7(4-5)9-10-8-6;/h2-4H,1H3,(H,8,9,10);. The normalized spacial score (nSPS) is 9.55. The zero-order valence-corrected chi connectivity index (χ0v) is 8.63. The molecule has 51 valence electrons. The van der Waals surface area contributed by atoms with Crippen molar-refractivity contribution < 1.29 is 0 Å². The van der Waals surface area contributed by atoms with E-state index in [-0.39, 0.29) is 29.6 Å². The topological polar surface area (TPSA) is 41.6 Å². The third-order valence-corrected chi connectivity index (χ3v) is 1.47. The smallest absolute Gasteiger partial charge is 0.113 e. The Labute approximate surface area is 86.5 Å². The van der Waals surface area contributed by atoms with Crippen molar-refractivity contribution in [1.29, 1.82) is 0 Å². The van der Waals surface area contributed by atoms with Gasteiger partial charge in [-0.2, -0.15) is 15.4 Å². The Morgan fingerprint density at radius 1 is 1.18 bits per heavy atom. The van der Waals surface area contributed by atoms with Crippen LogP contribution >= 0.6 is 0 Å². The minimum Gasteiger partial charge on any atom is -0.197 e. The molecule has 0 aliphatic carbocycles. The summed E-state index contributed by atoms with van der Waals surface area (Å²) in [5, 5.41) is 10.4. The fourth-order valence-corrected chi connectivity index (χ4v) is 0.950. The van der Waals surface area contributed by atoms with E-state index < -0.39 is 0 Å². The number of nitrogens with one attached hydrogen (secondary N) is 1. The van der Waals surface area contributed by atoms with Gasteiger partial charge in [0.05, 0.1) is 0 Å². The van der Waals surface area contributed by atoms with Crippen LogP contribution in [0, 0.1) is 6.92 Å². The van der Waals surface area contributed by atoms with Crippen molar-refractivity contribution in [3.05, 3.63) is 23.8 Å². The van der Waals surface area contributed by atoms with Crippen LogP contribution in [0.3, 0.4) is 0 Å². The molecule has 0 fully saturated rings. The number of aryl methyl sites for hydroxylation is 1.